The molecule has 0 fully saturated rings. The van der Waals surface area contributed by atoms with E-state index in [4.69, 9.17) is 0 Å². The summed E-state index contributed by atoms with van der Waals surface area (Å²) in [7, 11) is 1.55. The Hall–Kier alpha value is -2.12. The Morgan fingerprint density at radius 2 is 1.34 bits per heavy atom. The number of carbonyl (C=O) groups excluding carboxylic acids is 3. The molecule has 1 unspecified atom stereocenters. The number of amides is 3. The maximum absolute atomic E-state index is 12.0. The van der Waals surface area contributed by atoms with Crippen LogP contribution in [0.25, 0.3) is 0 Å². The van der Waals surface area contributed by atoms with Crippen LogP contribution in [-0.4, -0.2) is 48.4 Å². The van der Waals surface area contributed by atoms with Crippen molar-refractivity contribution in [2.24, 2.45) is 0 Å². The van der Waals surface area contributed by atoms with Crippen LogP contribution in [0.5, 0.6) is 0 Å². The van der Waals surface area contributed by atoms with Crippen LogP contribution in [0.15, 0.2) is 0 Å². The SMILES string of the molecule is CCCCCCCCCCC(=O)NC(CCC(=O)NCCCC(=O)NC)C(=O)O. The van der Waals surface area contributed by atoms with Crippen molar-refractivity contribution in [1.29, 1.82) is 0 Å². The van der Waals surface area contributed by atoms with E-state index in [2.05, 4.69) is 22.9 Å². The number of hydrogen-bond donors (Lipinski definition) is 4. The average molecular weight is 414 g/mol. The third-order valence-corrected chi connectivity index (χ3v) is 4.73. The first-order valence-electron chi connectivity index (χ1n) is 10.9. The van der Waals surface area contributed by atoms with Crippen molar-refractivity contribution in [3.63, 3.8) is 0 Å². The van der Waals surface area contributed by atoms with E-state index in [0.29, 0.717) is 25.8 Å². The van der Waals surface area contributed by atoms with Gasteiger partial charge in [0.05, 0.1) is 0 Å². The fourth-order valence-electron chi connectivity index (χ4n) is 2.91. The van der Waals surface area contributed by atoms with Crippen molar-refractivity contribution in [2.45, 2.75) is 96.4 Å². The Balaban J connectivity index is 3.92. The van der Waals surface area contributed by atoms with E-state index in [1.54, 1.807) is 7.05 Å². The van der Waals surface area contributed by atoms with Crippen LogP contribution in [0.2, 0.25) is 0 Å². The van der Waals surface area contributed by atoms with Gasteiger partial charge in [-0.2, -0.15) is 0 Å². The fourth-order valence-corrected chi connectivity index (χ4v) is 2.91. The number of unbranched alkanes of at least 4 members (excludes halogenated alkanes) is 7. The lowest BCUT2D eigenvalue weighted by molar-refractivity contribution is -0.142. The van der Waals surface area contributed by atoms with Gasteiger partial charge in [-0.1, -0.05) is 51.9 Å². The van der Waals surface area contributed by atoms with Gasteiger partial charge in [0.1, 0.15) is 6.04 Å². The topological polar surface area (TPSA) is 125 Å². The number of nitrogens with one attached hydrogen (secondary N) is 3. The van der Waals surface area contributed by atoms with Gasteiger partial charge in [0, 0.05) is 32.9 Å². The van der Waals surface area contributed by atoms with E-state index < -0.39 is 12.0 Å². The maximum atomic E-state index is 12.0. The van der Waals surface area contributed by atoms with Crippen molar-refractivity contribution in [3.05, 3.63) is 0 Å². The highest BCUT2D eigenvalue weighted by molar-refractivity contribution is 5.84. The fraction of sp³-hybridized carbons (Fsp3) is 0.810. The van der Waals surface area contributed by atoms with Crippen molar-refractivity contribution >= 4 is 23.7 Å². The summed E-state index contributed by atoms with van der Waals surface area (Å²) in [5.41, 5.74) is 0. The molecule has 3 amide bonds. The number of carboxylic acid groups (broad SMARTS) is 1. The van der Waals surface area contributed by atoms with Gasteiger partial charge in [0.2, 0.25) is 17.7 Å². The number of carboxylic acids is 1. The van der Waals surface area contributed by atoms with Gasteiger partial charge in [-0.25, -0.2) is 4.79 Å². The monoisotopic (exact) mass is 413 g/mol. The smallest absolute Gasteiger partial charge is 0.326 e. The Morgan fingerprint density at radius 3 is 1.93 bits per heavy atom. The molecule has 0 heterocycles. The molecule has 0 bridgehead atoms. The molecular formula is C21H39N3O5. The molecule has 1 atom stereocenters. The molecule has 168 valence electrons. The first-order chi connectivity index (χ1) is 13.9. The van der Waals surface area contributed by atoms with E-state index in [-0.39, 0.29) is 30.6 Å². The Kier molecular flexibility index (Phi) is 16.6. The molecule has 0 radical (unpaired) electrons. The molecule has 8 heteroatoms. The van der Waals surface area contributed by atoms with E-state index >= 15 is 0 Å². The zero-order valence-corrected chi connectivity index (χ0v) is 18.1. The van der Waals surface area contributed by atoms with Crippen LogP contribution >= 0.6 is 0 Å². The van der Waals surface area contributed by atoms with Crippen molar-refractivity contribution in [2.75, 3.05) is 13.6 Å². The van der Waals surface area contributed by atoms with E-state index in [0.717, 1.165) is 19.3 Å². The molecule has 0 spiro atoms. The summed E-state index contributed by atoms with van der Waals surface area (Å²) < 4.78 is 0. The summed E-state index contributed by atoms with van der Waals surface area (Å²) in [6, 6.07) is -1.06. The van der Waals surface area contributed by atoms with Gasteiger partial charge >= 0.3 is 5.97 Å². The Morgan fingerprint density at radius 1 is 0.759 bits per heavy atom. The number of rotatable bonds is 18. The van der Waals surface area contributed by atoms with Crippen LogP contribution in [-0.2, 0) is 19.2 Å². The van der Waals surface area contributed by atoms with E-state index in [9.17, 15) is 24.3 Å². The number of aliphatic carboxylic acids is 1. The first-order valence-corrected chi connectivity index (χ1v) is 10.9. The molecule has 0 rings (SSSR count). The summed E-state index contributed by atoms with van der Waals surface area (Å²) >= 11 is 0. The molecule has 0 aromatic rings. The molecule has 8 nitrogen and oxygen atoms in total. The first kappa shape index (κ1) is 26.9. The second kappa shape index (κ2) is 17.9. The highest BCUT2D eigenvalue weighted by atomic mass is 16.4. The molecule has 0 aliphatic carbocycles. The van der Waals surface area contributed by atoms with Crippen molar-refractivity contribution in [3.8, 4) is 0 Å². The lowest BCUT2D eigenvalue weighted by Crippen LogP contribution is -2.41. The van der Waals surface area contributed by atoms with Crippen molar-refractivity contribution < 1.29 is 24.3 Å². The summed E-state index contributed by atoms with van der Waals surface area (Å²) in [6.45, 7) is 2.54. The number of carbonyl (C=O) groups is 4. The second-order valence-corrected chi connectivity index (χ2v) is 7.35. The molecule has 4 N–H and O–H groups in total. The Bertz CT molecular complexity index is 497. The normalized spacial score (nSPS) is 11.5. The van der Waals surface area contributed by atoms with E-state index in [1.807, 2.05) is 0 Å². The van der Waals surface area contributed by atoms with Gasteiger partial charge in [-0.15, -0.1) is 0 Å². The quantitative estimate of drug-likeness (QED) is 0.257. The maximum Gasteiger partial charge on any atom is 0.326 e. The van der Waals surface area contributed by atoms with Gasteiger partial charge < -0.3 is 21.1 Å². The van der Waals surface area contributed by atoms with Crippen LogP contribution in [0.3, 0.4) is 0 Å². The van der Waals surface area contributed by atoms with Gasteiger partial charge in [0.25, 0.3) is 0 Å². The summed E-state index contributed by atoms with van der Waals surface area (Å²) in [4.78, 5) is 46.2. The molecule has 0 aromatic heterocycles. The average Bonchev–Trinajstić information content (AvgIpc) is 2.69. The highest BCUT2D eigenvalue weighted by Crippen LogP contribution is 2.09. The zero-order valence-electron chi connectivity index (χ0n) is 18.1. The molecule has 0 saturated heterocycles. The van der Waals surface area contributed by atoms with E-state index in [1.165, 1.54) is 32.1 Å². The summed E-state index contributed by atoms with van der Waals surface area (Å²) in [5.74, 6) is -1.80. The molecule has 0 aliphatic rings. The number of hydrogen-bond acceptors (Lipinski definition) is 4. The minimum atomic E-state index is -1.14. The minimum absolute atomic E-state index is 0.00891. The zero-order chi connectivity index (χ0) is 21.9. The Labute approximate surface area is 174 Å². The summed E-state index contributed by atoms with van der Waals surface area (Å²) in [5, 5.41) is 16.9. The van der Waals surface area contributed by atoms with Gasteiger partial charge in [-0.3, -0.25) is 14.4 Å². The molecule has 0 saturated carbocycles. The minimum Gasteiger partial charge on any atom is -0.480 e. The largest absolute Gasteiger partial charge is 0.480 e. The van der Waals surface area contributed by atoms with Crippen molar-refractivity contribution in [1.82, 2.24) is 16.0 Å². The molecule has 0 aliphatic heterocycles. The van der Waals surface area contributed by atoms with Crippen LogP contribution < -0.4 is 16.0 Å². The van der Waals surface area contributed by atoms with Gasteiger partial charge in [-0.05, 0) is 19.3 Å². The highest BCUT2D eigenvalue weighted by Gasteiger charge is 2.20. The third kappa shape index (κ3) is 16.5. The van der Waals surface area contributed by atoms with Gasteiger partial charge in [0.15, 0.2) is 0 Å². The third-order valence-electron chi connectivity index (χ3n) is 4.73. The predicted octanol–water partition coefficient (Wildman–Crippen LogP) is 2.51. The second-order valence-electron chi connectivity index (χ2n) is 7.35. The molecule has 29 heavy (non-hydrogen) atoms. The predicted molar refractivity (Wildman–Crippen MR) is 112 cm³/mol. The van der Waals surface area contributed by atoms with Crippen LogP contribution in [0, 0.1) is 0 Å². The lowest BCUT2D eigenvalue weighted by atomic mass is 10.1. The van der Waals surface area contributed by atoms with Crippen LogP contribution in [0.4, 0.5) is 0 Å². The molecule has 0 aromatic carbocycles. The van der Waals surface area contributed by atoms with Crippen LogP contribution in [0.1, 0.15) is 90.4 Å². The summed E-state index contributed by atoms with van der Waals surface area (Å²) in [6.07, 6.45) is 10.2. The standard InChI is InChI=1S/C21H39N3O5/c1-3-4-5-6-7-8-9-10-12-20(27)24-17(21(28)29)14-15-19(26)23-16-11-13-18(25)22-2/h17H,3-16H2,1-2H3,(H,22,25)(H,23,26)(H,24,27)(H,28,29). The lowest BCUT2D eigenvalue weighted by Gasteiger charge is -2.14. The molecular weight excluding hydrogens is 374 g/mol.